The summed E-state index contributed by atoms with van der Waals surface area (Å²) in [4.78, 5) is 37.1. The molecule has 2 bridgehead atoms. The van der Waals surface area contributed by atoms with Crippen LogP contribution in [0.25, 0.3) is 0 Å². The van der Waals surface area contributed by atoms with Crippen LogP contribution in [0.3, 0.4) is 0 Å². The number of anilines is 1. The Labute approximate surface area is 224 Å². The number of imide groups is 1. The zero-order valence-corrected chi connectivity index (χ0v) is 22.0. The van der Waals surface area contributed by atoms with E-state index in [1.807, 2.05) is 26.0 Å². The highest BCUT2D eigenvalue weighted by molar-refractivity contribution is 6.67. The Bertz CT molecular complexity index is 1270. The van der Waals surface area contributed by atoms with Gasteiger partial charge in [0.1, 0.15) is 9.75 Å². The number of carbonyl (C=O) groups is 3. The molecule has 0 radical (unpaired) electrons. The molecule has 1 aromatic carbocycles. The maximum absolute atomic E-state index is 13.5. The fraction of sp³-hybridized carbons (Fsp3) is 0.318. The molecule has 1 saturated heterocycles. The fourth-order valence-corrected chi connectivity index (χ4v) is 7.98. The third kappa shape index (κ3) is 2.70. The van der Waals surface area contributed by atoms with Gasteiger partial charge in [-0.3, -0.25) is 24.5 Å². The number of hydrogen-bond acceptors (Lipinski definition) is 3. The summed E-state index contributed by atoms with van der Waals surface area (Å²) in [5, 5.41) is -0.323. The topological polar surface area (TPSA) is 71.4 Å². The highest BCUT2D eigenvalue weighted by atomic mass is 35.5. The molecule has 1 aliphatic heterocycles. The van der Waals surface area contributed by atoms with Gasteiger partial charge >= 0.3 is 0 Å². The van der Waals surface area contributed by atoms with E-state index in [1.165, 1.54) is 12.1 Å². The first kappa shape index (κ1) is 24.3. The van der Waals surface area contributed by atoms with Gasteiger partial charge in [-0.1, -0.05) is 52.5 Å². The maximum Gasteiger partial charge on any atom is 0.270 e. The normalized spacial score (nSPS) is 31.5. The Morgan fingerprint density at radius 1 is 0.882 bits per heavy atom. The number of nitrogens with zero attached hydrogens (tertiary/aromatic N) is 2. The van der Waals surface area contributed by atoms with Crippen molar-refractivity contribution in [3.63, 3.8) is 0 Å². The molecule has 1 saturated carbocycles. The van der Waals surface area contributed by atoms with Gasteiger partial charge in [0.2, 0.25) is 11.8 Å². The Morgan fingerprint density at radius 2 is 1.38 bits per heavy atom. The largest absolute Gasteiger partial charge is 0.274 e. The van der Waals surface area contributed by atoms with Gasteiger partial charge in [0, 0.05) is 17.0 Å². The highest BCUT2D eigenvalue weighted by Gasteiger charge is 2.87. The average Bonchev–Trinajstić information content (AvgIpc) is 3.33. The number of rotatable bonds is 3. The van der Waals surface area contributed by atoms with Crippen LogP contribution in [0.15, 0.2) is 46.5 Å². The van der Waals surface area contributed by atoms with E-state index in [9.17, 15) is 14.4 Å². The lowest BCUT2D eigenvalue weighted by molar-refractivity contribution is -0.123. The molecule has 0 unspecified atom stereocenters. The van der Waals surface area contributed by atoms with E-state index >= 15 is 0 Å². The molecule has 178 valence electrons. The van der Waals surface area contributed by atoms with Crippen molar-refractivity contribution < 1.29 is 14.4 Å². The number of amides is 3. The molecule has 2 aliphatic carbocycles. The standard InChI is InChI=1S/C22H15Cl6N3O3/c1-9-6-7-10(2)31(9)29-17(32)11-4-3-5-12(8-11)30-18(33)13-14(19(30)34)21(26)16(24)15(23)20(13,25)22(21,27)28/h3-8,13-14H,1-2H3,(H,29,32)/t13-,14-,20-,21-/m1/s1. The van der Waals surface area contributed by atoms with Crippen LogP contribution >= 0.6 is 69.6 Å². The predicted molar refractivity (Wildman–Crippen MR) is 134 cm³/mol. The number of hydrogen-bond donors (Lipinski definition) is 1. The smallest absolute Gasteiger partial charge is 0.270 e. The lowest BCUT2D eigenvalue weighted by atomic mass is 9.84. The lowest BCUT2D eigenvalue weighted by Crippen LogP contribution is -2.50. The maximum atomic E-state index is 13.5. The van der Waals surface area contributed by atoms with E-state index < -0.39 is 43.6 Å². The molecule has 1 N–H and O–H groups in total. The molecular weight excluding hydrogens is 567 g/mol. The minimum absolute atomic E-state index is 0.161. The Hall–Kier alpha value is -1.41. The zero-order chi connectivity index (χ0) is 25.0. The van der Waals surface area contributed by atoms with Crippen molar-refractivity contribution in [1.29, 1.82) is 0 Å². The van der Waals surface area contributed by atoms with Crippen molar-refractivity contribution >= 4 is 93.0 Å². The number of nitrogens with one attached hydrogen (secondary N) is 1. The van der Waals surface area contributed by atoms with E-state index in [0.29, 0.717) is 0 Å². The molecule has 5 rings (SSSR count). The van der Waals surface area contributed by atoms with Gasteiger partial charge in [-0.15, -0.1) is 23.2 Å². The van der Waals surface area contributed by atoms with Gasteiger partial charge in [-0.05, 0) is 44.2 Å². The van der Waals surface area contributed by atoms with Crippen LogP contribution in [-0.4, -0.2) is 36.5 Å². The molecule has 2 heterocycles. The van der Waals surface area contributed by atoms with Crippen molar-refractivity contribution in [2.45, 2.75) is 27.9 Å². The van der Waals surface area contributed by atoms with Crippen LogP contribution in [0.5, 0.6) is 0 Å². The van der Waals surface area contributed by atoms with Crippen molar-refractivity contribution in [1.82, 2.24) is 4.68 Å². The molecule has 34 heavy (non-hydrogen) atoms. The van der Waals surface area contributed by atoms with Gasteiger partial charge in [-0.25, -0.2) is 4.90 Å². The Morgan fingerprint density at radius 3 is 1.88 bits per heavy atom. The summed E-state index contributed by atoms with van der Waals surface area (Å²) in [7, 11) is 0. The second-order valence-corrected chi connectivity index (χ2v) is 11.8. The fourth-order valence-electron chi connectivity index (χ4n) is 5.05. The lowest BCUT2D eigenvalue weighted by Gasteiger charge is -2.34. The number of halogens is 6. The molecule has 3 amide bonds. The summed E-state index contributed by atoms with van der Waals surface area (Å²) in [6.45, 7) is 3.70. The summed E-state index contributed by atoms with van der Waals surface area (Å²) in [5.74, 6) is -4.29. The van der Waals surface area contributed by atoms with Gasteiger partial charge in [0.25, 0.3) is 5.91 Å². The number of aryl methyl sites for hydroxylation is 2. The van der Waals surface area contributed by atoms with Crippen molar-refractivity contribution in [2.24, 2.45) is 11.8 Å². The first-order chi connectivity index (χ1) is 15.8. The van der Waals surface area contributed by atoms with Crippen LogP contribution in [0.4, 0.5) is 5.69 Å². The monoisotopic (exact) mass is 579 g/mol. The number of aromatic nitrogens is 1. The van der Waals surface area contributed by atoms with E-state index in [0.717, 1.165) is 16.3 Å². The number of alkyl halides is 4. The first-order valence-corrected chi connectivity index (χ1v) is 12.3. The minimum Gasteiger partial charge on any atom is -0.274 e. The summed E-state index contributed by atoms with van der Waals surface area (Å²) >= 11 is 39.1. The SMILES string of the molecule is Cc1ccc(C)n1NC(=O)c1cccc(N2C(=O)[C@H]3[C@H](C2=O)[C@@]2(Cl)C(Cl)=C(Cl)[C@@]3(Cl)C2(Cl)Cl)c1. The summed E-state index contributed by atoms with van der Waals surface area (Å²) in [6, 6.07) is 9.80. The van der Waals surface area contributed by atoms with Gasteiger partial charge in [0.05, 0.1) is 27.6 Å². The first-order valence-electron chi connectivity index (χ1n) is 10.1. The molecule has 6 nitrogen and oxygen atoms in total. The van der Waals surface area contributed by atoms with E-state index in [2.05, 4.69) is 5.43 Å². The third-order valence-corrected chi connectivity index (χ3v) is 11.0. The molecule has 1 aromatic heterocycles. The highest BCUT2D eigenvalue weighted by Crippen LogP contribution is 2.77. The van der Waals surface area contributed by atoms with Gasteiger partial charge in [-0.2, -0.15) is 0 Å². The molecule has 12 heteroatoms. The summed E-state index contributed by atoms with van der Waals surface area (Å²) < 4.78 is -0.369. The minimum atomic E-state index is -2.00. The third-order valence-electron chi connectivity index (χ3n) is 6.76. The molecular formula is C22H15Cl6N3O3. The zero-order valence-electron chi connectivity index (χ0n) is 17.5. The summed E-state index contributed by atoms with van der Waals surface area (Å²) in [5.41, 5.74) is 4.85. The number of fused-ring (bicyclic) bond motifs is 5. The number of allylic oxidation sites excluding steroid dienone is 2. The van der Waals surface area contributed by atoms with E-state index in [4.69, 9.17) is 69.6 Å². The van der Waals surface area contributed by atoms with Crippen LogP contribution in [0.1, 0.15) is 21.7 Å². The number of benzene rings is 1. The molecule has 0 spiro atoms. The van der Waals surface area contributed by atoms with E-state index in [-0.39, 0.29) is 21.3 Å². The van der Waals surface area contributed by atoms with Crippen LogP contribution in [-0.2, 0) is 9.59 Å². The molecule has 2 fully saturated rings. The average molecular weight is 582 g/mol. The van der Waals surface area contributed by atoms with Crippen LogP contribution in [0.2, 0.25) is 0 Å². The second kappa shape index (κ2) is 7.55. The molecule has 3 aliphatic rings. The Kier molecular flexibility index (Phi) is 5.39. The quantitative estimate of drug-likeness (QED) is 0.388. The van der Waals surface area contributed by atoms with Crippen molar-refractivity contribution in [3.05, 3.63) is 63.4 Å². The predicted octanol–water partition coefficient (Wildman–Crippen LogP) is 5.44. The van der Waals surface area contributed by atoms with Crippen molar-refractivity contribution in [3.8, 4) is 0 Å². The molecule has 4 atom stereocenters. The number of carbonyl (C=O) groups excluding carboxylic acids is 3. The van der Waals surface area contributed by atoms with Crippen molar-refractivity contribution in [2.75, 3.05) is 10.3 Å². The molecule has 2 aromatic rings. The van der Waals surface area contributed by atoms with Crippen LogP contribution < -0.4 is 10.3 Å². The van der Waals surface area contributed by atoms with Gasteiger partial charge in [0.15, 0.2) is 4.33 Å². The summed E-state index contributed by atoms with van der Waals surface area (Å²) in [6.07, 6.45) is 0. The van der Waals surface area contributed by atoms with E-state index in [1.54, 1.807) is 16.8 Å². The second-order valence-electron chi connectivity index (χ2n) is 8.54. The van der Waals surface area contributed by atoms with Crippen LogP contribution in [0, 0.1) is 25.7 Å². The Balaban J connectivity index is 1.52. The van der Waals surface area contributed by atoms with Gasteiger partial charge < -0.3 is 0 Å².